The summed E-state index contributed by atoms with van der Waals surface area (Å²) in [6.07, 6.45) is 3.57. The number of carbonyl (C=O) groups is 2. The topological polar surface area (TPSA) is 69.6 Å². The predicted octanol–water partition coefficient (Wildman–Crippen LogP) is 2.88. The van der Waals surface area contributed by atoms with Crippen molar-refractivity contribution >= 4 is 12.0 Å². The number of rotatable bonds is 2. The zero-order valence-corrected chi connectivity index (χ0v) is 13.8. The molecule has 2 aliphatic rings. The molecule has 0 spiro atoms. The summed E-state index contributed by atoms with van der Waals surface area (Å²) in [4.78, 5) is 25.5. The van der Waals surface area contributed by atoms with Gasteiger partial charge in [-0.1, -0.05) is 23.8 Å². The largest absolute Gasteiger partial charge is 0.481 e. The molecule has 124 valence electrons. The zero-order valence-electron chi connectivity index (χ0n) is 13.8. The molecule has 1 aliphatic heterocycles. The van der Waals surface area contributed by atoms with Crippen LogP contribution in [0.3, 0.4) is 0 Å². The monoisotopic (exact) mass is 316 g/mol. The first-order valence-electron chi connectivity index (χ1n) is 8.27. The van der Waals surface area contributed by atoms with Gasteiger partial charge in [0, 0.05) is 13.1 Å². The molecule has 1 heterocycles. The first-order chi connectivity index (χ1) is 10.9. The van der Waals surface area contributed by atoms with E-state index in [0.717, 1.165) is 19.3 Å². The van der Waals surface area contributed by atoms with E-state index in [4.69, 9.17) is 0 Å². The van der Waals surface area contributed by atoms with Gasteiger partial charge in [-0.25, -0.2) is 4.79 Å². The van der Waals surface area contributed by atoms with Crippen LogP contribution in [0.5, 0.6) is 0 Å². The molecule has 5 heteroatoms. The molecular formula is C18H24N2O3. The van der Waals surface area contributed by atoms with Crippen molar-refractivity contribution in [3.05, 3.63) is 34.9 Å². The highest BCUT2D eigenvalue weighted by Gasteiger charge is 2.42. The highest BCUT2D eigenvalue weighted by molar-refractivity contribution is 5.79. The highest BCUT2D eigenvalue weighted by atomic mass is 16.4. The predicted molar refractivity (Wildman–Crippen MR) is 87.3 cm³/mol. The number of nitrogens with one attached hydrogen (secondary N) is 1. The van der Waals surface area contributed by atoms with Crippen molar-refractivity contribution in [1.82, 2.24) is 10.2 Å². The van der Waals surface area contributed by atoms with Crippen LogP contribution in [0.15, 0.2) is 18.2 Å². The molecule has 2 amide bonds. The summed E-state index contributed by atoms with van der Waals surface area (Å²) in [6.45, 7) is 4.55. The molecule has 2 atom stereocenters. The summed E-state index contributed by atoms with van der Waals surface area (Å²) in [6, 6.07) is 6.31. The van der Waals surface area contributed by atoms with Crippen LogP contribution in [-0.4, -0.2) is 35.1 Å². The van der Waals surface area contributed by atoms with Crippen molar-refractivity contribution in [1.29, 1.82) is 0 Å². The number of fused-ring (bicyclic) bond motifs is 1. The third kappa shape index (κ3) is 3.05. The van der Waals surface area contributed by atoms with Crippen molar-refractivity contribution < 1.29 is 14.7 Å². The van der Waals surface area contributed by atoms with Gasteiger partial charge in [0.25, 0.3) is 0 Å². The molecular weight excluding hydrogens is 292 g/mol. The molecule has 0 aromatic heterocycles. The Balaban J connectivity index is 1.71. The molecule has 1 aliphatic carbocycles. The quantitative estimate of drug-likeness (QED) is 0.881. The molecule has 1 aromatic carbocycles. The molecule has 1 fully saturated rings. The van der Waals surface area contributed by atoms with Crippen LogP contribution in [0.4, 0.5) is 4.79 Å². The Hall–Kier alpha value is -2.04. The summed E-state index contributed by atoms with van der Waals surface area (Å²) in [5.74, 6) is -0.827. The molecule has 23 heavy (non-hydrogen) atoms. The number of benzene rings is 1. The number of likely N-dealkylation sites (tertiary alicyclic amines) is 1. The van der Waals surface area contributed by atoms with Gasteiger partial charge in [0.2, 0.25) is 0 Å². The van der Waals surface area contributed by atoms with E-state index >= 15 is 0 Å². The number of hydrogen-bond donors (Lipinski definition) is 2. The number of carboxylic acids is 1. The number of urea groups is 1. The maximum atomic E-state index is 12.5. The second-order valence-electron chi connectivity index (χ2n) is 7.13. The van der Waals surface area contributed by atoms with Gasteiger partial charge < -0.3 is 15.3 Å². The van der Waals surface area contributed by atoms with Crippen molar-refractivity contribution in [2.24, 2.45) is 5.41 Å². The van der Waals surface area contributed by atoms with E-state index in [1.807, 2.05) is 0 Å². The average Bonchev–Trinajstić information content (AvgIpc) is 2.92. The first-order valence-corrected chi connectivity index (χ1v) is 8.27. The second kappa shape index (κ2) is 5.87. The molecule has 0 saturated carbocycles. The molecule has 1 saturated heterocycles. The van der Waals surface area contributed by atoms with Gasteiger partial charge in [-0.15, -0.1) is 0 Å². The Morgan fingerprint density at radius 2 is 2.17 bits per heavy atom. The lowest BCUT2D eigenvalue weighted by atomic mass is 9.87. The third-order valence-corrected chi connectivity index (χ3v) is 5.19. The SMILES string of the molecule is Cc1ccc2c(c1)[C@@H](NC(=O)N1CCC(C)(C(=O)O)C1)CCC2. The van der Waals surface area contributed by atoms with Gasteiger partial charge in [0.05, 0.1) is 11.5 Å². The number of carboxylic acid groups (broad SMARTS) is 1. The van der Waals surface area contributed by atoms with Crippen LogP contribution in [0.25, 0.3) is 0 Å². The number of carbonyl (C=O) groups excluding carboxylic acids is 1. The van der Waals surface area contributed by atoms with Crippen molar-refractivity contribution in [3.8, 4) is 0 Å². The zero-order chi connectivity index (χ0) is 16.6. The summed E-state index contributed by atoms with van der Waals surface area (Å²) in [5.41, 5.74) is 2.90. The van der Waals surface area contributed by atoms with Gasteiger partial charge in [-0.2, -0.15) is 0 Å². The van der Waals surface area contributed by atoms with E-state index in [9.17, 15) is 14.7 Å². The van der Waals surface area contributed by atoms with Gasteiger partial charge in [0.1, 0.15) is 0 Å². The molecule has 2 N–H and O–H groups in total. The molecule has 3 rings (SSSR count). The Kier molecular flexibility index (Phi) is 4.04. The van der Waals surface area contributed by atoms with E-state index in [-0.39, 0.29) is 18.6 Å². The van der Waals surface area contributed by atoms with Gasteiger partial charge in [-0.3, -0.25) is 4.79 Å². The maximum absolute atomic E-state index is 12.5. The van der Waals surface area contributed by atoms with Crippen molar-refractivity contribution in [3.63, 3.8) is 0 Å². The van der Waals surface area contributed by atoms with Crippen molar-refractivity contribution in [2.75, 3.05) is 13.1 Å². The van der Waals surface area contributed by atoms with E-state index in [1.165, 1.54) is 16.7 Å². The van der Waals surface area contributed by atoms with E-state index < -0.39 is 11.4 Å². The number of amides is 2. The molecule has 0 radical (unpaired) electrons. The molecule has 5 nitrogen and oxygen atoms in total. The van der Waals surface area contributed by atoms with E-state index in [0.29, 0.717) is 13.0 Å². The Bertz CT molecular complexity index is 643. The number of aryl methyl sites for hydroxylation is 2. The fourth-order valence-electron chi connectivity index (χ4n) is 3.62. The van der Waals surface area contributed by atoms with Crippen LogP contribution < -0.4 is 5.32 Å². The summed E-state index contributed by atoms with van der Waals surface area (Å²) >= 11 is 0. The average molecular weight is 316 g/mol. The number of aliphatic carboxylic acids is 1. The summed E-state index contributed by atoms with van der Waals surface area (Å²) in [7, 11) is 0. The Morgan fingerprint density at radius 1 is 1.39 bits per heavy atom. The maximum Gasteiger partial charge on any atom is 0.317 e. The Morgan fingerprint density at radius 3 is 2.87 bits per heavy atom. The van der Waals surface area contributed by atoms with Crippen molar-refractivity contribution in [2.45, 2.75) is 45.6 Å². The van der Waals surface area contributed by atoms with Crippen LogP contribution in [0.1, 0.15) is 48.9 Å². The smallest absolute Gasteiger partial charge is 0.317 e. The van der Waals surface area contributed by atoms with E-state index in [2.05, 4.69) is 30.4 Å². The number of nitrogens with zero attached hydrogens (tertiary/aromatic N) is 1. The molecule has 1 unspecified atom stereocenters. The minimum Gasteiger partial charge on any atom is -0.481 e. The van der Waals surface area contributed by atoms with Crippen LogP contribution >= 0.6 is 0 Å². The first kappa shape index (κ1) is 15.8. The fraction of sp³-hybridized carbons (Fsp3) is 0.556. The summed E-state index contributed by atoms with van der Waals surface area (Å²) < 4.78 is 0. The summed E-state index contributed by atoms with van der Waals surface area (Å²) in [5, 5.41) is 12.4. The lowest BCUT2D eigenvalue weighted by molar-refractivity contribution is -0.147. The van der Waals surface area contributed by atoms with Crippen LogP contribution in [0.2, 0.25) is 0 Å². The van der Waals surface area contributed by atoms with Crippen LogP contribution in [-0.2, 0) is 11.2 Å². The lowest BCUT2D eigenvalue weighted by Crippen LogP contribution is -2.43. The molecule has 1 aromatic rings. The van der Waals surface area contributed by atoms with Gasteiger partial charge >= 0.3 is 12.0 Å². The molecule has 0 bridgehead atoms. The van der Waals surface area contributed by atoms with Gasteiger partial charge in [0.15, 0.2) is 0 Å². The lowest BCUT2D eigenvalue weighted by Gasteiger charge is -2.29. The second-order valence-corrected chi connectivity index (χ2v) is 7.13. The third-order valence-electron chi connectivity index (χ3n) is 5.19. The fourth-order valence-corrected chi connectivity index (χ4v) is 3.62. The highest BCUT2D eigenvalue weighted by Crippen LogP contribution is 2.33. The number of hydrogen-bond acceptors (Lipinski definition) is 2. The van der Waals surface area contributed by atoms with Gasteiger partial charge in [-0.05, 0) is 50.7 Å². The minimum atomic E-state index is -0.827. The van der Waals surface area contributed by atoms with Crippen LogP contribution in [0, 0.1) is 12.3 Å². The Labute approximate surface area is 136 Å². The van der Waals surface area contributed by atoms with E-state index in [1.54, 1.807) is 11.8 Å². The minimum absolute atomic E-state index is 0.0304. The standard InChI is InChI=1S/C18H24N2O3/c1-12-6-7-13-4-3-5-15(14(13)10-12)19-17(23)20-9-8-18(2,11-20)16(21)22/h6-7,10,15H,3-5,8-9,11H2,1-2H3,(H,19,23)(H,21,22)/t15-,18?/m0/s1. The normalized spacial score (nSPS) is 26.7.